The highest BCUT2D eigenvalue weighted by Crippen LogP contribution is 2.48. The van der Waals surface area contributed by atoms with Gasteiger partial charge in [-0.05, 0) is 37.1 Å². The number of hydrogen-bond acceptors (Lipinski definition) is 6. The van der Waals surface area contributed by atoms with Crippen molar-refractivity contribution in [1.82, 2.24) is 10.2 Å². The van der Waals surface area contributed by atoms with Crippen LogP contribution in [0.3, 0.4) is 0 Å². The number of halogens is 1. The second-order valence-corrected chi connectivity index (χ2v) is 9.52. The molecule has 0 bridgehead atoms. The number of carbonyl (C=O) groups is 2. The molecular formula is C27H31FN4O3. The molecule has 7 nitrogen and oxygen atoms in total. The third kappa shape index (κ3) is 4.43. The second kappa shape index (κ2) is 9.77. The smallest absolute Gasteiger partial charge is 0.221 e. The summed E-state index contributed by atoms with van der Waals surface area (Å²) < 4.78 is 20.3. The van der Waals surface area contributed by atoms with Crippen molar-refractivity contribution in [1.29, 1.82) is 0 Å². The minimum atomic E-state index is -0.659. The van der Waals surface area contributed by atoms with E-state index in [1.54, 1.807) is 18.0 Å². The summed E-state index contributed by atoms with van der Waals surface area (Å²) in [4.78, 5) is 27.0. The van der Waals surface area contributed by atoms with E-state index < -0.39 is 5.41 Å². The molecule has 35 heavy (non-hydrogen) atoms. The van der Waals surface area contributed by atoms with Crippen molar-refractivity contribution in [2.75, 3.05) is 37.8 Å². The summed E-state index contributed by atoms with van der Waals surface area (Å²) in [7, 11) is 0. The molecular weight excluding hydrogens is 447 g/mol. The number of hydrazone groups is 1. The van der Waals surface area contributed by atoms with Gasteiger partial charge >= 0.3 is 0 Å². The molecule has 1 saturated heterocycles. The van der Waals surface area contributed by atoms with Crippen molar-refractivity contribution < 1.29 is 18.7 Å². The lowest BCUT2D eigenvalue weighted by Crippen LogP contribution is -2.53. The topological polar surface area (TPSA) is 74.2 Å². The Hall–Kier alpha value is -3.26. The molecule has 1 fully saturated rings. The lowest BCUT2D eigenvalue weighted by atomic mass is 9.67. The van der Waals surface area contributed by atoms with Gasteiger partial charge in [0.15, 0.2) is 5.78 Å². The zero-order valence-electron chi connectivity index (χ0n) is 20.0. The van der Waals surface area contributed by atoms with Crippen LogP contribution in [0.1, 0.15) is 38.2 Å². The normalized spacial score (nSPS) is 24.1. The SMILES string of the molecule is CC(=O)C1=NN2c3cc(F)ccc3OC[C@@H]2[C@]1(CCCCN1CCNC(=O)CC1)c1ccccc1. The van der Waals surface area contributed by atoms with Crippen molar-refractivity contribution in [3.8, 4) is 5.75 Å². The lowest BCUT2D eigenvalue weighted by molar-refractivity contribution is -0.120. The molecule has 2 aromatic rings. The van der Waals surface area contributed by atoms with E-state index in [2.05, 4.69) is 22.3 Å². The van der Waals surface area contributed by atoms with Gasteiger partial charge in [0, 0.05) is 39.0 Å². The van der Waals surface area contributed by atoms with Crippen LogP contribution in [0.25, 0.3) is 0 Å². The summed E-state index contributed by atoms with van der Waals surface area (Å²) in [6.07, 6.45) is 3.06. The van der Waals surface area contributed by atoms with Crippen LogP contribution in [0.5, 0.6) is 5.75 Å². The highest BCUT2D eigenvalue weighted by molar-refractivity contribution is 6.43. The predicted octanol–water partition coefficient (Wildman–Crippen LogP) is 3.28. The first-order valence-electron chi connectivity index (χ1n) is 12.4. The van der Waals surface area contributed by atoms with Gasteiger partial charge in [-0.2, -0.15) is 5.10 Å². The van der Waals surface area contributed by atoms with E-state index in [9.17, 15) is 14.0 Å². The summed E-state index contributed by atoms with van der Waals surface area (Å²) in [6.45, 7) is 5.10. The summed E-state index contributed by atoms with van der Waals surface area (Å²) in [5, 5.41) is 9.53. The van der Waals surface area contributed by atoms with Crippen LogP contribution in [-0.4, -0.2) is 61.1 Å². The number of unbranched alkanes of at least 4 members (excludes halogenated alkanes) is 1. The number of fused-ring (bicyclic) bond motifs is 3. The number of ketones is 1. The average molecular weight is 479 g/mol. The maximum Gasteiger partial charge on any atom is 0.221 e. The number of anilines is 1. The number of hydrogen-bond donors (Lipinski definition) is 1. The van der Waals surface area contributed by atoms with E-state index in [4.69, 9.17) is 9.84 Å². The third-order valence-electron chi connectivity index (χ3n) is 7.38. The number of amides is 1. The molecule has 1 N–H and O–H groups in total. The van der Waals surface area contributed by atoms with Gasteiger partial charge in [-0.3, -0.25) is 14.6 Å². The van der Waals surface area contributed by atoms with Gasteiger partial charge in [0.25, 0.3) is 0 Å². The highest BCUT2D eigenvalue weighted by Gasteiger charge is 2.55. The van der Waals surface area contributed by atoms with Gasteiger partial charge in [0.1, 0.15) is 35.6 Å². The Morgan fingerprint density at radius 2 is 2.03 bits per heavy atom. The average Bonchev–Trinajstić information content (AvgIpc) is 3.07. The molecule has 0 saturated carbocycles. The fourth-order valence-corrected chi connectivity index (χ4v) is 5.68. The number of benzene rings is 2. The van der Waals surface area contributed by atoms with Crippen LogP contribution in [0.4, 0.5) is 10.1 Å². The zero-order valence-corrected chi connectivity index (χ0v) is 20.0. The molecule has 3 aliphatic rings. The summed E-state index contributed by atoms with van der Waals surface area (Å²) in [6, 6.07) is 14.2. The standard InChI is InChI=1S/C27H31FN4O3/c1-19(33)26-27(20-7-3-2-4-8-20,12-5-6-14-31-15-11-25(34)29-13-16-31)24-18-35-23-10-9-21(28)17-22(23)32(24)30-26/h2-4,7-10,17,24H,5-6,11-16,18H2,1H3,(H,29,34)/t24-,27+/m1/s1. The van der Waals surface area contributed by atoms with Gasteiger partial charge in [-0.15, -0.1) is 0 Å². The maximum atomic E-state index is 14.2. The number of carbonyl (C=O) groups excluding carboxylic acids is 2. The molecule has 8 heteroatoms. The predicted molar refractivity (Wildman–Crippen MR) is 132 cm³/mol. The monoisotopic (exact) mass is 478 g/mol. The first kappa shape index (κ1) is 23.5. The minimum Gasteiger partial charge on any atom is -0.489 e. The number of nitrogens with zero attached hydrogens (tertiary/aromatic N) is 3. The summed E-state index contributed by atoms with van der Waals surface area (Å²) in [5.41, 5.74) is 1.42. The Labute approximate surface area is 204 Å². The fraction of sp³-hybridized carbons (Fsp3) is 0.444. The number of nitrogens with one attached hydrogen (secondary N) is 1. The molecule has 2 aromatic carbocycles. The Balaban J connectivity index is 1.43. The highest BCUT2D eigenvalue weighted by atomic mass is 19.1. The lowest BCUT2D eigenvalue weighted by Gasteiger charge is -2.41. The molecule has 184 valence electrons. The number of ether oxygens (including phenoxy) is 1. The number of rotatable bonds is 7. The van der Waals surface area contributed by atoms with Gasteiger partial charge in [0.05, 0.1) is 5.41 Å². The molecule has 5 rings (SSSR count). The van der Waals surface area contributed by atoms with Crippen molar-refractivity contribution in [3.63, 3.8) is 0 Å². The van der Waals surface area contributed by atoms with Crippen molar-refractivity contribution in [3.05, 3.63) is 59.9 Å². The Bertz CT molecular complexity index is 1140. The maximum absolute atomic E-state index is 14.2. The minimum absolute atomic E-state index is 0.0849. The van der Waals surface area contributed by atoms with E-state index in [1.807, 2.05) is 18.2 Å². The summed E-state index contributed by atoms with van der Waals surface area (Å²) >= 11 is 0. The van der Waals surface area contributed by atoms with Crippen LogP contribution >= 0.6 is 0 Å². The van der Waals surface area contributed by atoms with Crippen molar-refractivity contribution in [2.24, 2.45) is 5.10 Å². The van der Waals surface area contributed by atoms with E-state index in [1.165, 1.54) is 12.1 Å². The third-order valence-corrected chi connectivity index (χ3v) is 7.38. The van der Waals surface area contributed by atoms with Gasteiger partial charge in [-0.25, -0.2) is 4.39 Å². The molecule has 0 spiro atoms. The number of Topliss-reactive ketones (excluding diaryl/α,β-unsaturated/α-hetero) is 1. The fourth-order valence-electron chi connectivity index (χ4n) is 5.68. The van der Waals surface area contributed by atoms with E-state index in [0.717, 1.165) is 44.5 Å². The molecule has 1 amide bonds. The van der Waals surface area contributed by atoms with Gasteiger partial charge in [-0.1, -0.05) is 36.8 Å². The molecule has 0 aliphatic carbocycles. The zero-order chi connectivity index (χ0) is 24.4. The van der Waals surface area contributed by atoms with Crippen LogP contribution in [0.15, 0.2) is 53.6 Å². The van der Waals surface area contributed by atoms with Crippen molar-refractivity contribution >= 4 is 23.1 Å². The van der Waals surface area contributed by atoms with E-state index in [0.29, 0.717) is 36.7 Å². The largest absolute Gasteiger partial charge is 0.489 e. The first-order valence-corrected chi connectivity index (χ1v) is 12.4. The van der Waals surface area contributed by atoms with Crippen LogP contribution in [0, 0.1) is 5.82 Å². The van der Waals surface area contributed by atoms with Crippen LogP contribution < -0.4 is 15.1 Å². The van der Waals surface area contributed by atoms with Gasteiger partial charge in [0.2, 0.25) is 5.91 Å². The quantitative estimate of drug-likeness (QED) is 0.619. The molecule has 2 atom stereocenters. The Morgan fingerprint density at radius 3 is 2.83 bits per heavy atom. The van der Waals surface area contributed by atoms with Gasteiger partial charge < -0.3 is 15.0 Å². The van der Waals surface area contributed by atoms with E-state index >= 15 is 0 Å². The second-order valence-electron chi connectivity index (χ2n) is 9.52. The first-order chi connectivity index (χ1) is 17.0. The Kier molecular flexibility index (Phi) is 6.56. The van der Waals surface area contributed by atoms with Crippen molar-refractivity contribution in [2.45, 2.75) is 44.1 Å². The molecule has 3 heterocycles. The summed E-state index contributed by atoms with van der Waals surface area (Å²) in [5.74, 6) is 0.230. The van der Waals surface area contributed by atoms with Crippen LogP contribution in [-0.2, 0) is 15.0 Å². The molecule has 0 radical (unpaired) electrons. The molecule has 3 aliphatic heterocycles. The van der Waals surface area contributed by atoms with Crippen LogP contribution in [0.2, 0.25) is 0 Å². The Morgan fingerprint density at radius 1 is 1.20 bits per heavy atom. The molecule has 0 aromatic heterocycles. The molecule has 0 unspecified atom stereocenters. The van der Waals surface area contributed by atoms with E-state index in [-0.39, 0.29) is 23.5 Å².